The number of nitrogen functional groups attached to an aromatic ring is 1. The highest BCUT2D eigenvalue weighted by Crippen LogP contribution is 2.29. The van der Waals surface area contributed by atoms with Gasteiger partial charge in [0.25, 0.3) is 5.91 Å². The summed E-state index contributed by atoms with van der Waals surface area (Å²) in [5, 5.41) is 0. The van der Waals surface area contributed by atoms with Gasteiger partial charge in [-0.05, 0) is 55.5 Å². The molecule has 1 atom stereocenters. The van der Waals surface area contributed by atoms with E-state index in [1.54, 1.807) is 6.07 Å². The third-order valence-electron chi connectivity index (χ3n) is 4.23. The molecular formula is C18H22N2O2. The average molecular weight is 298 g/mol. The highest BCUT2D eigenvalue weighted by molar-refractivity contribution is 5.92. The molecule has 1 saturated heterocycles. The first-order valence-corrected chi connectivity index (χ1v) is 7.80. The molecule has 0 aliphatic carbocycles. The maximum Gasteiger partial charge on any atom is 0.289 e. The maximum atomic E-state index is 12.5. The minimum Gasteiger partial charge on any atom is -0.451 e. The quantitative estimate of drug-likeness (QED) is 0.860. The largest absolute Gasteiger partial charge is 0.451 e. The van der Waals surface area contributed by atoms with Crippen LogP contribution in [0, 0.1) is 12.8 Å². The Morgan fingerprint density at radius 3 is 2.86 bits per heavy atom. The highest BCUT2D eigenvalue weighted by Gasteiger charge is 2.24. The Morgan fingerprint density at radius 2 is 2.14 bits per heavy atom. The van der Waals surface area contributed by atoms with Gasteiger partial charge in [-0.25, -0.2) is 0 Å². The molecule has 22 heavy (non-hydrogen) atoms. The number of piperidine rings is 1. The second kappa shape index (κ2) is 5.87. The number of rotatable bonds is 2. The molecule has 0 bridgehead atoms. The Hall–Kier alpha value is -2.23. The Bertz CT molecular complexity index is 690. The predicted molar refractivity (Wildman–Crippen MR) is 87.6 cm³/mol. The van der Waals surface area contributed by atoms with Crippen LogP contribution in [0.15, 0.2) is 34.7 Å². The Kier molecular flexibility index (Phi) is 3.92. The van der Waals surface area contributed by atoms with Crippen LogP contribution >= 0.6 is 0 Å². The SMILES string of the molecule is Cc1ccc(-c2ccc(C(=O)N3CCC[C@@H](C)C3)o2)c(N)c1. The normalized spacial score (nSPS) is 18.5. The lowest BCUT2D eigenvalue weighted by Gasteiger charge is -2.30. The van der Waals surface area contributed by atoms with Crippen molar-refractivity contribution < 1.29 is 9.21 Å². The maximum absolute atomic E-state index is 12.5. The van der Waals surface area contributed by atoms with E-state index < -0.39 is 0 Å². The van der Waals surface area contributed by atoms with E-state index in [1.807, 2.05) is 36.1 Å². The van der Waals surface area contributed by atoms with Crippen molar-refractivity contribution in [3.05, 3.63) is 41.7 Å². The smallest absolute Gasteiger partial charge is 0.289 e. The summed E-state index contributed by atoms with van der Waals surface area (Å²) < 4.78 is 5.77. The molecule has 4 heteroatoms. The topological polar surface area (TPSA) is 59.5 Å². The van der Waals surface area contributed by atoms with E-state index in [0.29, 0.717) is 23.1 Å². The number of nitrogens with two attached hydrogens (primary N) is 1. The standard InChI is InChI=1S/C18H22N2O2/c1-12-5-6-14(15(19)10-12)16-7-8-17(22-16)18(21)20-9-3-4-13(2)11-20/h5-8,10,13H,3-4,9,11,19H2,1-2H3/t13-/m1/s1. The van der Waals surface area contributed by atoms with Crippen LogP contribution in [0.2, 0.25) is 0 Å². The molecule has 0 saturated carbocycles. The summed E-state index contributed by atoms with van der Waals surface area (Å²) in [5.41, 5.74) is 8.64. The van der Waals surface area contributed by atoms with Crippen molar-refractivity contribution in [2.75, 3.05) is 18.8 Å². The van der Waals surface area contributed by atoms with E-state index >= 15 is 0 Å². The highest BCUT2D eigenvalue weighted by atomic mass is 16.4. The van der Waals surface area contributed by atoms with Crippen LogP contribution in [0.1, 0.15) is 35.9 Å². The summed E-state index contributed by atoms with van der Waals surface area (Å²) in [6.45, 7) is 5.79. The molecular weight excluding hydrogens is 276 g/mol. The number of nitrogens with zero attached hydrogens (tertiary/aromatic N) is 1. The zero-order valence-electron chi connectivity index (χ0n) is 13.1. The third-order valence-corrected chi connectivity index (χ3v) is 4.23. The predicted octanol–water partition coefficient (Wildman–Crippen LogP) is 3.71. The monoisotopic (exact) mass is 298 g/mol. The van der Waals surface area contributed by atoms with Gasteiger partial charge in [-0.3, -0.25) is 4.79 Å². The lowest BCUT2D eigenvalue weighted by atomic mass is 10.0. The fraction of sp³-hybridized carbons (Fsp3) is 0.389. The second-order valence-electron chi connectivity index (χ2n) is 6.25. The van der Waals surface area contributed by atoms with Gasteiger partial charge in [-0.15, -0.1) is 0 Å². The van der Waals surface area contributed by atoms with Crippen molar-refractivity contribution in [2.24, 2.45) is 5.92 Å². The summed E-state index contributed by atoms with van der Waals surface area (Å²) in [4.78, 5) is 14.4. The second-order valence-corrected chi connectivity index (χ2v) is 6.25. The average Bonchev–Trinajstić information content (AvgIpc) is 2.96. The van der Waals surface area contributed by atoms with Crippen LogP contribution in [-0.2, 0) is 0 Å². The number of benzene rings is 1. The number of aryl methyl sites for hydroxylation is 1. The van der Waals surface area contributed by atoms with E-state index in [2.05, 4.69) is 6.92 Å². The number of carbonyl (C=O) groups is 1. The molecule has 0 radical (unpaired) electrons. The first-order chi connectivity index (χ1) is 10.5. The zero-order chi connectivity index (χ0) is 15.7. The third kappa shape index (κ3) is 2.86. The van der Waals surface area contributed by atoms with Gasteiger partial charge < -0.3 is 15.1 Å². The number of carbonyl (C=O) groups excluding carboxylic acids is 1. The summed E-state index contributed by atoms with van der Waals surface area (Å²) in [6.07, 6.45) is 2.25. The molecule has 2 heterocycles. The molecule has 1 aliphatic heterocycles. The first kappa shape index (κ1) is 14.7. The van der Waals surface area contributed by atoms with Crippen molar-refractivity contribution in [1.82, 2.24) is 4.90 Å². The molecule has 0 spiro atoms. The number of hydrogen-bond acceptors (Lipinski definition) is 3. The molecule has 116 valence electrons. The van der Waals surface area contributed by atoms with Crippen molar-refractivity contribution in [3.8, 4) is 11.3 Å². The van der Waals surface area contributed by atoms with Gasteiger partial charge in [0.15, 0.2) is 5.76 Å². The van der Waals surface area contributed by atoms with E-state index in [1.165, 1.54) is 6.42 Å². The summed E-state index contributed by atoms with van der Waals surface area (Å²) in [6, 6.07) is 9.40. The molecule has 3 rings (SSSR count). The van der Waals surface area contributed by atoms with Crippen LogP contribution in [-0.4, -0.2) is 23.9 Å². The fourth-order valence-corrected chi connectivity index (χ4v) is 3.03. The summed E-state index contributed by atoms with van der Waals surface area (Å²) in [5.74, 6) is 1.57. The van der Waals surface area contributed by atoms with Gasteiger partial charge in [-0.2, -0.15) is 0 Å². The van der Waals surface area contributed by atoms with Crippen molar-refractivity contribution in [2.45, 2.75) is 26.7 Å². The van der Waals surface area contributed by atoms with Crippen molar-refractivity contribution in [3.63, 3.8) is 0 Å². The fourth-order valence-electron chi connectivity index (χ4n) is 3.03. The molecule has 1 aromatic carbocycles. The molecule has 1 amide bonds. The molecule has 1 aliphatic rings. The number of likely N-dealkylation sites (tertiary alicyclic amines) is 1. The minimum absolute atomic E-state index is 0.0246. The van der Waals surface area contributed by atoms with E-state index in [4.69, 9.17) is 10.2 Å². The number of hydrogen-bond donors (Lipinski definition) is 1. The van der Waals surface area contributed by atoms with Gasteiger partial charge in [0.2, 0.25) is 0 Å². The zero-order valence-corrected chi connectivity index (χ0v) is 13.1. The number of anilines is 1. The van der Waals surface area contributed by atoms with Crippen molar-refractivity contribution >= 4 is 11.6 Å². The van der Waals surface area contributed by atoms with Crippen molar-refractivity contribution in [1.29, 1.82) is 0 Å². The van der Waals surface area contributed by atoms with Gasteiger partial charge in [0.1, 0.15) is 5.76 Å². The number of furan rings is 1. The molecule has 4 nitrogen and oxygen atoms in total. The Morgan fingerprint density at radius 1 is 1.32 bits per heavy atom. The van der Waals surface area contributed by atoms with E-state index in [9.17, 15) is 4.79 Å². The van der Waals surface area contributed by atoms with Gasteiger partial charge in [0, 0.05) is 24.3 Å². The van der Waals surface area contributed by atoms with Crippen LogP contribution < -0.4 is 5.73 Å². The minimum atomic E-state index is -0.0246. The van der Waals surface area contributed by atoms with Crippen LogP contribution in [0.5, 0.6) is 0 Å². The summed E-state index contributed by atoms with van der Waals surface area (Å²) in [7, 11) is 0. The first-order valence-electron chi connectivity index (χ1n) is 7.80. The number of amides is 1. The van der Waals surface area contributed by atoms with E-state index in [-0.39, 0.29) is 5.91 Å². The van der Waals surface area contributed by atoms with Gasteiger partial charge in [-0.1, -0.05) is 13.0 Å². The van der Waals surface area contributed by atoms with Crippen LogP contribution in [0.25, 0.3) is 11.3 Å². The Balaban J connectivity index is 1.82. The Labute approximate surface area is 130 Å². The lowest BCUT2D eigenvalue weighted by Crippen LogP contribution is -2.38. The molecule has 2 aromatic rings. The van der Waals surface area contributed by atoms with Gasteiger partial charge in [0.05, 0.1) is 0 Å². The van der Waals surface area contributed by atoms with Gasteiger partial charge >= 0.3 is 0 Å². The lowest BCUT2D eigenvalue weighted by molar-refractivity contribution is 0.0652. The molecule has 0 unspecified atom stereocenters. The summed E-state index contributed by atoms with van der Waals surface area (Å²) >= 11 is 0. The van der Waals surface area contributed by atoms with Crippen LogP contribution in [0.4, 0.5) is 5.69 Å². The van der Waals surface area contributed by atoms with E-state index in [0.717, 1.165) is 30.6 Å². The molecule has 1 fully saturated rings. The van der Waals surface area contributed by atoms with Crippen LogP contribution in [0.3, 0.4) is 0 Å². The molecule has 2 N–H and O–H groups in total. The molecule has 1 aromatic heterocycles.